The van der Waals surface area contributed by atoms with Crippen molar-refractivity contribution in [1.29, 1.82) is 0 Å². The molecule has 1 aromatic carbocycles. The van der Waals surface area contributed by atoms with Crippen LogP contribution < -0.4 is 5.32 Å². The SMILES string of the molecule is CCCC(O)CNCc1c(C)nn(-c2ccc(F)cc2F)c1C. The first-order valence-corrected chi connectivity index (χ1v) is 7.83. The van der Waals surface area contributed by atoms with Gasteiger partial charge in [-0.1, -0.05) is 13.3 Å². The van der Waals surface area contributed by atoms with E-state index in [1.54, 1.807) is 0 Å². The molecule has 1 aromatic heterocycles. The summed E-state index contributed by atoms with van der Waals surface area (Å²) in [6, 6.07) is 3.45. The maximum absolute atomic E-state index is 14.0. The number of halogens is 2. The minimum atomic E-state index is -0.645. The van der Waals surface area contributed by atoms with Crippen molar-refractivity contribution in [3.05, 3.63) is 46.8 Å². The van der Waals surface area contributed by atoms with Crippen LogP contribution in [-0.4, -0.2) is 27.5 Å². The highest BCUT2D eigenvalue weighted by atomic mass is 19.1. The lowest BCUT2D eigenvalue weighted by Crippen LogP contribution is -2.26. The van der Waals surface area contributed by atoms with Crippen molar-refractivity contribution in [1.82, 2.24) is 15.1 Å². The Bertz CT molecular complexity index is 670. The number of nitrogens with zero attached hydrogens (tertiary/aromatic N) is 2. The van der Waals surface area contributed by atoms with E-state index in [2.05, 4.69) is 10.4 Å². The molecule has 1 unspecified atom stereocenters. The van der Waals surface area contributed by atoms with Gasteiger partial charge in [0.1, 0.15) is 11.5 Å². The van der Waals surface area contributed by atoms with Gasteiger partial charge in [-0.05, 0) is 32.4 Å². The van der Waals surface area contributed by atoms with Crippen molar-refractivity contribution in [2.75, 3.05) is 6.54 Å². The number of aryl methyl sites for hydroxylation is 1. The predicted octanol–water partition coefficient (Wildman–Crippen LogP) is 3.02. The molecule has 0 aliphatic carbocycles. The van der Waals surface area contributed by atoms with E-state index in [-0.39, 0.29) is 11.8 Å². The Morgan fingerprint density at radius 1 is 1.30 bits per heavy atom. The van der Waals surface area contributed by atoms with Gasteiger partial charge in [0.15, 0.2) is 5.82 Å². The third-order valence-electron chi connectivity index (χ3n) is 3.88. The van der Waals surface area contributed by atoms with E-state index in [0.29, 0.717) is 13.1 Å². The van der Waals surface area contributed by atoms with E-state index in [9.17, 15) is 13.9 Å². The number of hydrogen-bond acceptors (Lipinski definition) is 3. The third-order valence-corrected chi connectivity index (χ3v) is 3.88. The Kier molecular flexibility index (Phi) is 5.85. The van der Waals surface area contributed by atoms with Crippen LogP contribution in [0.5, 0.6) is 0 Å². The Balaban J connectivity index is 2.16. The fourth-order valence-electron chi connectivity index (χ4n) is 2.62. The van der Waals surface area contributed by atoms with Gasteiger partial charge in [-0.3, -0.25) is 0 Å². The molecule has 0 aliphatic rings. The monoisotopic (exact) mass is 323 g/mol. The van der Waals surface area contributed by atoms with E-state index in [1.165, 1.54) is 16.8 Å². The molecule has 6 heteroatoms. The molecule has 2 rings (SSSR count). The minimum Gasteiger partial charge on any atom is -0.392 e. The van der Waals surface area contributed by atoms with Gasteiger partial charge in [0.25, 0.3) is 0 Å². The molecule has 2 N–H and O–H groups in total. The van der Waals surface area contributed by atoms with Gasteiger partial charge >= 0.3 is 0 Å². The van der Waals surface area contributed by atoms with E-state index in [4.69, 9.17) is 0 Å². The molecule has 0 saturated heterocycles. The Morgan fingerprint density at radius 2 is 2.04 bits per heavy atom. The van der Waals surface area contributed by atoms with Crippen LogP contribution in [0.15, 0.2) is 18.2 Å². The first kappa shape index (κ1) is 17.6. The van der Waals surface area contributed by atoms with Crippen LogP contribution in [0, 0.1) is 25.5 Å². The lowest BCUT2D eigenvalue weighted by molar-refractivity contribution is 0.160. The first-order valence-electron chi connectivity index (χ1n) is 7.83. The van der Waals surface area contributed by atoms with E-state index < -0.39 is 11.6 Å². The molecule has 0 saturated carbocycles. The summed E-state index contributed by atoms with van der Waals surface area (Å²) in [5.41, 5.74) is 2.76. The summed E-state index contributed by atoms with van der Waals surface area (Å²) in [6.45, 7) is 6.77. The fourth-order valence-corrected chi connectivity index (χ4v) is 2.62. The smallest absolute Gasteiger partial charge is 0.151 e. The van der Waals surface area contributed by atoms with Crippen molar-refractivity contribution in [2.45, 2.75) is 46.3 Å². The van der Waals surface area contributed by atoms with Gasteiger partial charge in [-0.15, -0.1) is 0 Å². The molecule has 0 radical (unpaired) electrons. The first-order chi connectivity index (χ1) is 10.9. The Morgan fingerprint density at radius 3 is 2.70 bits per heavy atom. The largest absolute Gasteiger partial charge is 0.392 e. The zero-order chi connectivity index (χ0) is 17.0. The predicted molar refractivity (Wildman–Crippen MR) is 85.6 cm³/mol. The van der Waals surface area contributed by atoms with Crippen molar-refractivity contribution < 1.29 is 13.9 Å². The molecule has 0 spiro atoms. The second kappa shape index (κ2) is 7.66. The lowest BCUT2D eigenvalue weighted by atomic mass is 10.1. The quantitative estimate of drug-likeness (QED) is 0.823. The maximum Gasteiger partial charge on any atom is 0.151 e. The van der Waals surface area contributed by atoms with Crippen molar-refractivity contribution >= 4 is 0 Å². The molecule has 0 bridgehead atoms. The summed E-state index contributed by atoms with van der Waals surface area (Å²) in [7, 11) is 0. The molecule has 1 atom stereocenters. The second-order valence-electron chi connectivity index (χ2n) is 5.73. The fraction of sp³-hybridized carbons (Fsp3) is 0.471. The zero-order valence-corrected chi connectivity index (χ0v) is 13.7. The molecule has 126 valence electrons. The number of aromatic nitrogens is 2. The average Bonchev–Trinajstić information content (AvgIpc) is 2.75. The van der Waals surface area contributed by atoms with Crippen molar-refractivity contribution in [2.24, 2.45) is 0 Å². The molecule has 0 amide bonds. The van der Waals surface area contributed by atoms with Gasteiger partial charge < -0.3 is 10.4 Å². The van der Waals surface area contributed by atoms with Crippen LogP contribution in [0.25, 0.3) is 5.69 Å². The summed E-state index contributed by atoms with van der Waals surface area (Å²) in [6.07, 6.45) is 1.32. The van der Waals surface area contributed by atoms with Crippen molar-refractivity contribution in [3.8, 4) is 5.69 Å². The number of aliphatic hydroxyl groups excluding tert-OH is 1. The zero-order valence-electron chi connectivity index (χ0n) is 13.7. The maximum atomic E-state index is 14.0. The standard InChI is InChI=1S/C17H23F2N3O/c1-4-5-14(23)9-20-10-15-11(2)21-22(12(15)3)17-7-6-13(18)8-16(17)19/h6-8,14,20,23H,4-5,9-10H2,1-3H3. The van der Waals surface area contributed by atoms with Gasteiger partial charge in [0.2, 0.25) is 0 Å². The summed E-state index contributed by atoms with van der Waals surface area (Å²) < 4.78 is 28.5. The summed E-state index contributed by atoms with van der Waals surface area (Å²) >= 11 is 0. The van der Waals surface area contributed by atoms with Gasteiger partial charge in [-0.25, -0.2) is 13.5 Å². The number of nitrogens with one attached hydrogen (secondary N) is 1. The molecular weight excluding hydrogens is 300 g/mol. The highest BCUT2D eigenvalue weighted by Crippen LogP contribution is 2.20. The van der Waals surface area contributed by atoms with Crippen LogP contribution in [0.2, 0.25) is 0 Å². The highest BCUT2D eigenvalue weighted by Gasteiger charge is 2.15. The lowest BCUT2D eigenvalue weighted by Gasteiger charge is -2.11. The Hall–Kier alpha value is -1.79. The summed E-state index contributed by atoms with van der Waals surface area (Å²) in [5.74, 6) is -1.26. The van der Waals surface area contributed by atoms with Crippen molar-refractivity contribution in [3.63, 3.8) is 0 Å². The van der Waals surface area contributed by atoms with Crippen LogP contribution in [0.4, 0.5) is 8.78 Å². The molecule has 4 nitrogen and oxygen atoms in total. The topological polar surface area (TPSA) is 50.1 Å². The molecular formula is C17H23F2N3O. The van der Waals surface area contributed by atoms with Crippen LogP contribution in [-0.2, 0) is 6.54 Å². The number of benzene rings is 1. The normalized spacial score (nSPS) is 12.6. The molecule has 0 aliphatic heterocycles. The van der Waals surface area contributed by atoms with E-state index in [1.807, 2.05) is 20.8 Å². The summed E-state index contributed by atoms with van der Waals surface area (Å²) in [4.78, 5) is 0. The minimum absolute atomic E-state index is 0.226. The van der Waals surface area contributed by atoms with E-state index >= 15 is 0 Å². The molecule has 23 heavy (non-hydrogen) atoms. The van der Waals surface area contributed by atoms with Crippen LogP contribution >= 0.6 is 0 Å². The average molecular weight is 323 g/mol. The second-order valence-corrected chi connectivity index (χ2v) is 5.73. The highest BCUT2D eigenvalue weighted by molar-refractivity contribution is 5.38. The van der Waals surface area contributed by atoms with Crippen LogP contribution in [0.3, 0.4) is 0 Å². The van der Waals surface area contributed by atoms with E-state index in [0.717, 1.165) is 35.9 Å². The molecule has 1 heterocycles. The summed E-state index contributed by atoms with van der Waals surface area (Å²) in [5, 5.41) is 17.3. The molecule has 2 aromatic rings. The Labute approximate surface area is 135 Å². The number of rotatable bonds is 7. The van der Waals surface area contributed by atoms with Gasteiger partial charge in [-0.2, -0.15) is 5.10 Å². The van der Waals surface area contributed by atoms with Crippen LogP contribution in [0.1, 0.15) is 36.7 Å². The van der Waals surface area contributed by atoms with Gasteiger partial charge in [0.05, 0.1) is 11.8 Å². The third kappa shape index (κ3) is 4.14. The number of aliphatic hydroxyl groups is 1. The molecule has 0 fully saturated rings. The van der Waals surface area contributed by atoms with Gasteiger partial charge in [0, 0.05) is 30.4 Å². The number of hydrogen-bond donors (Lipinski definition) is 2.